The van der Waals surface area contributed by atoms with Crippen molar-refractivity contribution in [2.45, 2.75) is 18.9 Å². The molecule has 1 aromatic carbocycles. The molecule has 16 heavy (non-hydrogen) atoms. The molecule has 1 rings (SSSR count). The summed E-state index contributed by atoms with van der Waals surface area (Å²) < 4.78 is 0. The maximum Gasteiger partial charge on any atom is 0.0625 e. The van der Waals surface area contributed by atoms with E-state index in [1.165, 1.54) is 0 Å². The standard InChI is InChI=1S/C12H17Cl2NO/c1-15(2)7-6-10(16)8-9-4-3-5-11(13)12(9)14/h3-5,10,16H,6-8H2,1-2H3. The molecule has 0 saturated carbocycles. The van der Waals surface area contributed by atoms with Gasteiger partial charge in [-0.2, -0.15) is 0 Å². The molecule has 0 aliphatic heterocycles. The maximum atomic E-state index is 9.84. The van der Waals surface area contributed by atoms with Gasteiger partial charge in [-0.05, 0) is 45.1 Å². The first-order chi connectivity index (χ1) is 7.50. The van der Waals surface area contributed by atoms with E-state index in [4.69, 9.17) is 23.2 Å². The molecule has 0 bridgehead atoms. The Bertz CT molecular complexity index is 342. The van der Waals surface area contributed by atoms with E-state index in [0.29, 0.717) is 16.5 Å². The second kappa shape index (κ2) is 6.45. The first kappa shape index (κ1) is 13.8. The zero-order chi connectivity index (χ0) is 12.1. The van der Waals surface area contributed by atoms with Gasteiger partial charge in [0, 0.05) is 0 Å². The van der Waals surface area contributed by atoms with Crippen LogP contribution in [0.4, 0.5) is 0 Å². The minimum absolute atomic E-state index is 0.377. The number of nitrogens with zero attached hydrogens (tertiary/aromatic N) is 1. The van der Waals surface area contributed by atoms with Crippen molar-refractivity contribution < 1.29 is 5.11 Å². The summed E-state index contributed by atoms with van der Waals surface area (Å²) in [5.74, 6) is 0. The molecule has 1 unspecified atom stereocenters. The summed E-state index contributed by atoms with van der Waals surface area (Å²) in [6.45, 7) is 0.860. The van der Waals surface area contributed by atoms with Crippen LogP contribution in [0.1, 0.15) is 12.0 Å². The molecule has 1 atom stereocenters. The maximum absolute atomic E-state index is 9.84. The lowest BCUT2D eigenvalue weighted by Crippen LogP contribution is -2.20. The van der Waals surface area contributed by atoms with Gasteiger partial charge in [0.05, 0.1) is 16.1 Å². The van der Waals surface area contributed by atoms with Crippen molar-refractivity contribution in [2.24, 2.45) is 0 Å². The fraction of sp³-hybridized carbons (Fsp3) is 0.500. The third-order valence-electron chi connectivity index (χ3n) is 2.40. The molecule has 0 radical (unpaired) electrons. The van der Waals surface area contributed by atoms with E-state index in [1.807, 2.05) is 31.1 Å². The van der Waals surface area contributed by atoms with Crippen molar-refractivity contribution in [2.75, 3.05) is 20.6 Å². The van der Waals surface area contributed by atoms with Crippen molar-refractivity contribution >= 4 is 23.2 Å². The van der Waals surface area contributed by atoms with Crippen LogP contribution in [-0.2, 0) is 6.42 Å². The van der Waals surface area contributed by atoms with Gasteiger partial charge in [0.2, 0.25) is 0 Å². The predicted molar refractivity (Wildman–Crippen MR) is 69.3 cm³/mol. The van der Waals surface area contributed by atoms with Gasteiger partial charge in [-0.3, -0.25) is 0 Å². The lowest BCUT2D eigenvalue weighted by molar-refractivity contribution is 0.152. The Morgan fingerprint density at radius 2 is 2.00 bits per heavy atom. The zero-order valence-corrected chi connectivity index (χ0v) is 11.1. The topological polar surface area (TPSA) is 23.5 Å². The fourth-order valence-electron chi connectivity index (χ4n) is 1.47. The number of aliphatic hydroxyl groups is 1. The highest BCUT2D eigenvalue weighted by molar-refractivity contribution is 6.42. The van der Waals surface area contributed by atoms with Gasteiger partial charge in [0.25, 0.3) is 0 Å². The van der Waals surface area contributed by atoms with E-state index in [-0.39, 0.29) is 6.10 Å². The van der Waals surface area contributed by atoms with Crippen molar-refractivity contribution in [3.63, 3.8) is 0 Å². The van der Waals surface area contributed by atoms with Gasteiger partial charge in [0.1, 0.15) is 0 Å². The fourth-order valence-corrected chi connectivity index (χ4v) is 1.87. The summed E-state index contributed by atoms with van der Waals surface area (Å²) in [6.07, 6.45) is 0.904. The van der Waals surface area contributed by atoms with Crippen LogP contribution in [0.25, 0.3) is 0 Å². The van der Waals surface area contributed by atoms with Crippen LogP contribution < -0.4 is 0 Å². The molecule has 2 nitrogen and oxygen atoms in total. The van der Waals surface area contributed by atoms with Crippen LogP contribution in [0.5, 0.6) is 0 Å². The third-order valence-corrected chi connectivity index (χ3v) is 3.25. The SMILES string of the molecule is CN(C)CCC(O)Cc1cccc(Cl)c1Cl. The van der Waals surface area contributed by atoms with Crippen LogP contribution in [0.2, 0.25) is 10.0 Å². The first-order valence-corrected chi connectivity index (χ1v) is 6.02. The highest BCUT2D eigenvalue weighted by Gasteiger charge is 2.10. The minimum atomic E-state index is -0.377. The average molecular weight is 262 g/mol. The Labute approximate surface area is 107 Å². The van der Waals surface area contributed by atoms with Crippen molar-refractivity contribution in [3.8, 4) is 0 Å². The third kappa shape index (κ3) is 4.30. The van der Waals surface area contributed by atoms with Crippen LogP contribution in [0, 0.1) is 0 Å². The molecule has 0 saturated heterocycles. The number of hydrogen-bond donors (Lipinski definition) is 1. The molecule has 90 valence electrons. The number of aliphatic hydroxyl groups excluding tert-OH is 1. The zero-order valence-electron chi connectivity index (χ0n) is 9.58. The Kier molecular flexibility index (Phi) is 5.56. The summed E-state index contributed by atoms with van der Waals surface area (Å²) in [7, 11) is 3.97. The molecule has 1 aromatic rings. The molecule has 0 fully saturated rings. The summed E-state index contributed by atoms with van der Waals surface area (Å²) >= 11 is 11.9. The quantitative estimate of drug-likeness (QED) is 0.882. The van der Waals surface area contributed by atoms with Gasteiger partial charge in [-0.15, -0.1) is 0 Å². The molecule has 0 amide bonds. The monoisotopic (exact) mass is 261 g/mol. The summed E-state index contributed by atoms with van der Waals surface area (Å²) in [6, 6.07) is 5.49. The molecule has 0 aromatic heterocycles. The van der Waals surface area contributed by atoms with Crippen molar-refractivity contribution in [3.05, 3.63) is 33.8 Å². The molecular formula is C12H17Cl2NO. The molecule has 0 heterocycles. The van der Waals surface area contributed by atoms with E-state index in [0.717, 1.165) is 18.5 Å². The number of halogens is 2. The molecule has 0 aliphatic carbocycles. The van der Waals surface area contributed by atoms with Crippen molar-refractivity contribution in [1.29, 1.82) is 0 Å². The second-order valence-corrected chi connectivity index (χ2v) is 4.95. The van der Waals surface area contributed by atoms with Crippen LogP contribution in [0.15, 0.2) is 18.2 Å². The summed E-state index contributed by atoms with van der Waals surface area (Å²) in [5, 5.41) is 10.9. The lowest BCUT2D eigenvalue weighted by atomic mass is 10.1. The van der Waals surface area contributed by atoms with Gasteiger partial charge >= 0.3 is 0 Å². The highest BCUT2D eigenvalue weighted by atomic mass is 35.5. The van der Waals surface area contributed by atoms with E-state index in [9.17, 15) is 5.11 Å². The number of rotatable bonds is 5. The predicted octanol–water partition coefficient (Wildman–Crippen LogP) is 2.85. The van der Waals surface area contributed by atoms with E-state index < -0.39 is 0 Å². The average Bonchev–Trinajstić information content (AvgIpc) is 2.22. The Morgan fingerprint density at radius 1 is 1.31 bits per heavy atom. The van der Waals surface area contributed by atoms with E-state index in [2.05, 4.69) is 0 Å². The molecule has 4 heteroatoms. The van der Waals surface area contributed by atoms with Crippen LogP contribution in [-0.4, -0.2) is 36.8 Å². The van der Waals surface area contributed by atoms with Crippen LogP contribution >= 0.6 is 23.2 Å². The van der Waals surface area contributed by atoms with Crippen LogP contribution in [0.3, 0.4) is 0 Å². The Hall–Kier alpha value is -0.280. The Morgan fingerprint density at radius 3 is 2.62 bits per heavy atom. The van der Waals surface area contributed by atoms with Gasteiger partial charge in [0.15, 0.2) is 0 Å². The Balaban J connectivity index is 2.56. The molecular weight excluding hydrogens is 245 g/mol. The second-order valence-electron chi connectivity index (χ2n) is 4.16. The number of hydrogen-bond acceptors (Lipinski definition) is 2. The minimum Gasteiger partial charge on any atom is -0.393 e. The van der Waals surface area contributed by atoms with Crippen molar-refractivity contribution in [1.82, 2.24) is 4.90 Å². The molecule has 0 aliphatic rings. The largest absolute Gasteiger partial charge is 0.393 e. The normalized spacial score (nSPS) is 13.1. The van der Waals surface area contributed by atoms with Gasteiger partial charge < -0.3 is 10.0 Å². The van der Waals surface area contributed by atoms with Gasteiger partial charge in [-0.1, -0.05) is 35.3 Å². The first-order valence-electron chi connectivity index (χ1n) is 5.26. The van der Waals surface area contributed by atoms with Gasteiger partial charge in [-0.25, -0.2) is 0 Å². The molecule has 1 N–H and O–H groups in total. The molecule has 0 spiro atoms. The summed E-state index contributed by atoms with van der Waals surface area (Å²) in [5.41, 5.74) is 0.903. The lowest BCUT2D eigenvalue weighted by Gasteiger charge is -2.15. The smallest absolute Gasteiger partial charge is 0.0625 e. The highest BCUT2D eigenvalue weighted by Crippen LogP contribution is 2.26. The number of benzene rings is 1. The van der Waals surface area contributed by atoms with E-state index in [1.54, 1.807) is 6.07 Å². The summed E-state index contributed by atoms with van der Waals surface area (Å²) in [4.78, 5) is 2.04. The van der Waals surface area contributed by atoms with E-state index >= 15 is 0 Å².